The summed E-state index contributed by atoms with van der Waals surface area (Å²) in [7, 11) is 0. The molecule has 0 bridgehead atoms. The van der Waals surface area contributed by atoms with Gasteiger partial charge in [-0.05, 0) is 23.8 Å². The maximum absolute atomic E-state index is 13.9. The SMILES string of the molecule is Fc1cncc2[nH]c(-c3nc(Cl)ccc3OCc3ccccc3)cc12. The Morgan fingerprint density at radius 3 is 2.72 bits per heavy atom. The van der Waals surface area contributed by atoms with Crippen molar-refractivity contribution in [2.24, 2.45) is 0 Å². The summed E-state index contributed by atoms with van der Waals surface area (Å²) in [6.45, 7) is 0.396. The van der Waals surface area contributed by atoms with Gasteiger partial charge in [0.2, 0.25) is 0 Å². The number of rotatable bonds is 4. The van der Waals surface area contributed by atoms with E-state index >= 15 is 0 Å². The predicted octanol–water partition coefficient (Wildman–Crippen LogP) is 5.00. The normalized spacial score (nSPS) is 11.0. The zero-order valence-corrected chi connectivity index (χ0v) is 13.8. The van der Waals surface area contributed by atoms with Crippen LogP contribution < -0.4 is 4.74 Å². The van der Waals surface area contributed by atoms with E-state index in [-0.39, 0.29) is 0 Å². The Morgan fingerprint density at radius 1 is 1.08 bits per heavy atom. The van der Waals surface area contributed by atoms with E-state index in [9.17, 15) is 4.39 Å². The standard InChI is InChI=1S/C19H13ClFN3O/c20-18-7-6-17(25-11-12-4-2-1-3-5-12)19(24-18)15-8-13-14(21)9-22-10-16(13)23-15/h1-10,23H,11H2. The number of aromatic nitrogens is 3. The maximum atomic E-state index is 13.9. The van der Waals surface area contributed by atoms with Crippen LogP contribution in [-0.2, 0) is 6.61 Å². The fourth-order valence-corrected chi connectivity index (χ4v) is 2.76. The molecule has 0 amide bonds. The van der Waals surface area contributed by atoms with Gasteiger partial charge in [0.15, 0.2) is 5.82 Å². The zero-order valence-electron chi connectivity index (χ0n) is 13.0. The Balaban J connectivity index is 1.72. The molecule has 3 aromatic heterocycles. The van der Waals surface area contributed by atoms with Gasteiger partial charge in [-0.3, -0.25) is 4.98 Å². The molecule has 0 fully saturated rings. The van der Waals surface area contributed by atoms with Gasteiger partial charge >= 0.3 is 0 Å². The summed E-state index contributed by atoms with van der Waals surface area (Å²) in [4.78, 5) is 11.3. The first-order valence-electron chi connectivity index (χ1n) is 7.66. The van der Waals surface area contributed by atoms with Crippen molar-refractivity contribution in [3.05, 3.63) is 77.5 Å². The zero-order chi connectivity index (χ0) is 17.2. The Labute approximate surface area is 148 Å². The second kappa shape index (κ2) is 6.53. The van der Waals surface area contributed by atoms with Crippen LogP contribution in [0.25, 0.3) is 22.3 Å². The number of hydrogen-bond donors (Lipinski definition) is 1. The lowest BCUT2D eigenvalue weighted by molar-refractivity contribution is 0.306. The van der Waals surface area contributed by atoms with Gasteiger partial charge in [-0.1, -0.05) is 41.9 Å². The predicted molar refractivity (Wildman–Crippen MR) is 95.1 cm³/mol. The molecule has 1 aromatic carbocycles. The highest BCUT2D eigenvalue weighted by Gasteiger charge is 2.14. The quantitative estimate of drug-likeness (QED) is 0.525. The summed E-state index contributed by atoms with van der Waals surface area (Å²) in [5.74, 6) is 0.168. The van der Waals surface area contributed by atoms with Gasteiger partial charge in [-0.15, -0.1) is 0 Å². The minimum absolute atomic E-state index is 0.333. The second-order valence-electron chi connectivity index (χ2n) is 5.52. The van der Waals surface area contributed by atoms with E-state index in [1.165, 1.54) is 6.20 Å². The van der Waals surface area contributed by atoms with Gasteiger partial charge < -0.3 is 9.72 Å². The first-order chi connectivity index (χ1) is 12.2. The molecule has 0 aliphatic rings. The highest BCUT2D eigenvalue weighted by atomic mass is 35.5. The lowest BCUT2D eigenvalue weighted by Gasteiger charge is -2.10. The van der Waals surface area contributed by atoms with E-state index in [0.717, 1.165) is 5.56 Å². The van der Waals surface area contributed by atoms with Gasteiger partial charge in [0, 0.05) is 5.39 Å². The van der Waals surface area contributed by atoms with Crippen molar-refractivity contribution in [1.29, 1.82) is 0 Å². The number of H-pyrrole nitrogens is 1. The topological polar surface area (TPSA) is 50.8 Å². The Hall–Kier alpha value is -2.92. The Kier molecular flexibility index (Phi) is 4.07. The van der Waals surface area contributed by atoms with Crippen LogP contribution in [0, 0.1) is 5.82 Å². The van der Waals surface area contributed by atoms with Crippen LogP contribution in [0.15, 0.2) is 60.9 Å². The Morgan fingerprint density at radius 2 is 1.92 bits per heavy atom. The number of nitrogens with one attached hydrogen (secondary N) is 1. The maximum Gasteiger partial charge on any atom is 0.150 e. The summed E-state index contributed by atoms with van der Waals surface area (Å²) >= 11 is 6.05. The van der Waals surface area contributed by atoms with E-state index in [2.05, 4.69) is 15.0 Å². The monoisotopic (exact) mass is 353 g/mol. The van der Waals surface area contributed by atoms with Crippen LogP contribution in [0.1, 0.15) is 5.56 Å². The smallest absolute Gasteiger partial charge is 0.150 e. The number of nitrogens with zero attached hydrogens (tertiary/aromatic N) is 2. The highest BCUT2D eigenvalue weighted by molar-refractivity contribution is 6.29. The number of aromatic amines is 1. The lowest BCUT2D eigenvalue weighted by atomic mass is 10.2. The van der Waals surface area contributed by atoms with Crippen molar-refractivity contribution in [2.75, 3.05) is 0 Å². The third-order valence-electron chi connectivity index (χ3n) is 3.81. The molecule has 3 heterocycles. The molecular formula is C19H13ClFN3O. The third-order valence-corrected chi connectivity index (χ3v) is 4.02. The Bertz CT molecular complexity index is 1030. The molecule has 4 rings (SSSR count). The fourth-order valence-electron chi connectivity index (χ4n) is 2.61. The van der Waals surface area contributed by atoms with Gasteiger partial charge in [-0.25, -0.2) is 9.37 Å². The van der Waals surface area contributed by atoms with Crippen LogP contribution in [0.4, 0.5) is 4.39 Å². The van der Waals surface area contributed by atoms with Crippen molar-refractivity contribution in [3.8, 4) is 17.1 Å². The highest BCUT2D eigenvalue weighted by Crippen LogP contribution is 2.32. The minimum atomic E-state index is -0.395. The van der Waals surface area contributed by atoms with Crippen molar-refractivity contribution in [3.63, 3.8) is 0 Å². The number of halogens is 2. The fraction of sp³-hybridized carbons (Fsp3) is 0.0526. The third kappa shape index (κ3) is 3.19. The van der Waals surface area contributed by atoms with Crippen LogP contribution in [0.2, 0.25) is 5.15 Å². The molecule has 0 aliphatic heterocycles. The second-order valence-corrected chi connectivity index (χ2v) is 5.91. The van der Waals surface area contributed by atoms with E-state index in [1.54, 1.807) is 24.4 Å². The summed E-state index contributed by atoms with van der Waals surface area (Å²) in [5.41, 5.74) is 2.77. The molecule has 25 heavy (non-hydrogen) atoms. The molecule has 0 unspecified atom stereocenters. The molecule has 6 heteroatoms. The van der Waals surface area contributed by atoms with Crippen molar-refractivity contribution >= 4 is 22.5 Å². The van der Waals surface area contributed by atoms with Gasteiger partial charge in [0.1, 0.15) is 23.2 Å². The molecule has 4 aromatic rings. The van der Waals surface area contributed by atoms with E-state index < -0.39 is 5.82 Å². The number of benzene rings is 1. The van der Waals surface area contributed by atoms with Gasteiger partial charge in [0.05, 0.1) is 23.6 Å². The van der Waals surface area contributed by atoms with Crippen molar-refractivity contribution in [2.45, 2.75) is 6.61 Å². The number of fused-ring (bicyclic) bond motifs is 1. The van der Waals surface area contributed by atoms with E-state index in [0.29, 0.717) is 39.8 Å². The number of pyridine rings is 2. The first-order valence-corrected chi connectivity index (χ1v) is 8.04. The largest absolute Gasteiger partial charge is 0.487 e. The van der Waals surface area contributed by atoms with Gasteiger partial charge in [-0.2, -0.15) is 0 Å². The van der Waals surface area contributed by atoms with E-state index in [4.69, 9.17) is 16.3 Å². The molecular weight excluding hydrogens is 341 g/mol. The van der Waals surface area contributed by atoms with Gasteiger partial charge in [0.25, 0.3) is 0 Å². The number of hydrogen-bond acceptors (Lipinski definition) is 3. The first kappa shape index (κ1) is 15.6. The van der Waals surface area contributed by atoms with Crippen molar-refractivity contribution in [1.82, 2.24) is 15.0 Å². The molecule has 0 radical (unpaired) electrons. The van der Waals surface area contributed by atoms with Crippen molar-refractivity contribution < 1.29 is 9.13 Å². The average molecular weight is 354 g/mol. The molecule has 4 nitrogen and oxygen atoms in total. The molecule has 124 valence electrons. The lowest BCUT2D eigenvalue weighted by Crippen LogP contribution is -1.98. The molecule has 0 saturated carbocycles. The summed E-state index contributed by atoms with van der Waals surface area (Å²) in [6.07, 6.45) is 2.75. The molecule has 0 spiro atoms. The molecule has 0 aliphatic carbocycles. The summed E-state index contributed by atoms with van der Waals surface area (Å²) in [5, 5.41) is 0.778. The molecule has 0 atom stereocenters. The van der Waals surface area contributed by atoms with Crippen LogP contribution in [-0.4, -0.2) is 15.0 Å². The molecule has 0 saturated heterocycles. The molecule has 1 N–H and O–H groups in total. The van der Waals surface area contributed by atoms with Crippen LogP contribution >= 0.6 is 11.6 Å². The van der Waals surface area contributed by atoms with Crippen LogP contribution in [0.5, 0.6) is 5.75 Å². The number of ether oxygens (including phenoxy) is 1. The summed E-state index contributed by atoms with van der Waals surface area (Å²) in [6, 6.07) is 14.9. The summed E-state index contributed by atoms with van der Waals surface area (Å²) < 4.78 is 19.8. The van der Waals surface area contributed by atoms with Crippen LogP contribution in [0.3, 0.4) is 0 Å². The minimum Gasteiger partial charge on any atom is -0.487 e. The van der Waals surface area contributed by atoms with E-state index in [1.807, 2.05) is 30.3 Å². The average Bonchev–Trinajstić information content (AvgIpc) is 3.07.